The first-order valence-corrected chi connectivity index (χ1v) is 12.2. The number of para-hydroxylation sites is 1. The molecule has 6 nitrogen and oxygen atoms in total. The summed E-state index contributed by atoms with van der Waals surface area (Å²) in [5.41, 5.74) is 15.2. The molecule has 1 aliphatic rings. The first-order valence-electron chi connectivity index (χ1n) is 12.2. The fourth-order valence-corrected chi connectivity index (χ4v) is 5.05. The Kier molecular flexibility index (Phi) is 5.57. The first kappa shape index (κ1) is 23.5. The molecule has 1 aliphatic carbocycles. The Morgan fingerprint density at radius 3 is 2.00 bits per heavy atom. The summed E-state index contributed by atoms with van der Waals surface area (Å²) in [6.07, 6.45) is 3.53. The molecule has 182 valence electrons. The van der Waals surface area contributed by atoms with E-state index in [1.807, 2.05) is 84.9 Å². The quantitative estimate of drug-likeness (QED) is 0.230. The van der Waals surface area contributed by atoms with E-state index in [-0.39, 0.29) is 11.4 Å². The zero-order valence-electron chi connectivity index (χ0n) is 20.7. The van der Waals surface area contributed by atoms with Crippen LogP contribution >= 0.6 is 0 Å². The SMILES string of the molecule is N#Cc1cc(N)c(-c2ccc(-c3ccc(-c4nc5ccccc5c5c4C=CC(=N)C5=N)cc3)cc2)c(C#N)c1. The van der Waals surface area contributed by atoms with Crippen molar-refractivity contribution in [1.29, 1.82) is 21.3 Å². The number of hydrogen-bond donors (Lipinski definition) is 3. The molecular formula is C33H20N6. The van der Waals surface area contributed by atoms with Crippen LogP contribution in [0.2, 0.25) is 0 Å². The Morgan fingerprint density at radius 1 is 0.692 bits per heavy atom. The maximum atomic E-state index is 9.59. The number of rotatable bonds is 3. The standard InChI is InChI=1S/C33H20N6/c34-17-19-15-24(18-35)30(28(37)16-19)22-9-5-20(6-10-22)21-7-11-23(12-8-21)33-26-13-14-27(36)32(38)31(26)25-3-1-2-4-29(25)39-33/h1-16,36,38H,37H2. The summed E-state index contributed by atoms with van der Waals surface area (Å²) in [4.78, 5) is 4.93. The monoisotopic (exact) mass is 500 g/mol. The van der Waals surface area contributed by atoms with E-state index in [9.17, 15) is 10.5 Å². The van der Waals surface area contributed by atoms with Crippen molar-refractivity contribution < 1.29 is 0 Å². The second-order valence-corrected chi connectivity index (χ2v) is 9.25. The van der Waals surface area contributed by atoms with Crippen molar-refractivity contribution in [3.8, 4) is 45.6 Å². The predicted molar refractivity (Wildman–Crippen MR) is 155 cm³/mol. The molecule has 4 aromatic carbocycles. The summed E-state index contributed by atoms with van der Waals surface area (Å²) in [5, 5.41) is 36.4. The van der Waals surface area contributed by atoms with Crippen LogP contribution in [0.3, 0.4) is 0 Å². The molecule has 0 fully saturated rings. The summed E-state index contributed by atoms with van der Waals surface area (Å²) in [6, 6.07) is 31.0. The molecule has 0 unspecified atom stereocenters. The molecule has 0 radical (unpaired) electrons. The molecule has 4 N–H and O–H groups in total. The van der Waals surface area contributed by atoms with Crippen LogP contribution in [0.15, 0.2) is 91.0 Å². The molecule has 5 aromatic rings. The lowest BCUT2D eigenvalue weighted by Crippen LogP contribution is -2.17. The van der Waals surface area contributed by atoms with Crippen molar-refractivity contribution in [2.45, 2.75) is 0 Å². The van der Waals surface area contributed by atoms with Gasteiger partial charge in [0.25, 0.3) is 0 Å². The molecule has 0 saturated heterocycles. The van der Waals surface area contributed by atoms with E-state index in [0.717, 1.165) is 50.0 Å². The minimum atomic E-state index is 0.188. The van der Waals surface area contributed by atoms with E-state index < -0.39 is 0 Å². The zero-order chi connectivity index (χ0) is 27.1. The second kappa shape index (κ2) is 9.23. The van der Waals surface area contributed by atoms with Crippen LogP contribution in [0, 0.1) is 33.5 Å². The van der Waals surface area contributed by atoms with Gasteiger partial charge in [-0.25, -0.2) is 4.98 Å². The van der Waals surface area contributed by atoms with Gasteiger partial charge < -0.3 is 5.73 Å². The Hall–Kier alpha value is -5.85. The first-order chi connectivity index (χ1) is 19.0. The third-order valence-corrected chi connectivity index (χ3v) is 6.95. The Labute approximate surface area is 224 Å². The van der Waals surface area contributed by atoms with Gasteiger partial charge in [-0.05, 0) is 47.0 Å². The van der Waals surface area contributed by atoms with Crippen LogP contribution in [0.1, 0.15) is 22.3 Å². The third kappa shape index (κ3) is 3.94. The number of aromatic nitrogens is 1. The van der Waals surface area contributed by atoms with Crippen LogP contribution in [0.25, 0.3) is 50.5 Å². The van der Waals surface area contributed by atoms with Gasteiger partial charge in [0, 0.05) is 33.3 Å². The van der Waals surface area contributed by atoms with E-state index in [4.69, 9.17) is 21.5 Å². The van der Waals surface area contributed by atoms with Gasteiger partial charge in [-0.2, -0.15) is 10.5 Å². The molecular weight excluding hydrogens is 480 g/mol. The van der Waals surface area contributed by atoms with Gasteiger partial charge in [0.05, 0.1) is 45.9 Å². The number of nitrogens with two attached hydrogens (primary N) is 1. The lowest BCUT2D eigenvalue weighted by molar-refractivity contribution is 1.36. The summed E-state index contributed by atoms with van der Waals surface area (Å²) < 4.78 is 0. The van der Waals surface area contributed by atoms with E-state index in [1.165, 1.54) is 0 Å². The van der Waals surface area contributed by atoms with E-state index in [1.54, 1.807) is 18.2 Å². The van der Waals surface area contributed by atoms with Crippen molar-refractivity contribution >= 4 is 34.1 Å². The average molecular weight is 501 g/mol. The number of nitrogens with one attached hydrogen (secondary N) is 2. The van der Waals surface area contributed by atoms with E-state index in [2.05, 4.69) is 6.07 Å². The number of nitriles is 2. The number of fused-ring (bicyclic) bond motifs is 3. The Bertz CT molecular complexity index is 1950. The lowest BCUT2D eigenvalue weighted by atomic mass is 9.88. The smallest absolute Gasteiger partial charge is 0.0999 e. The third-order valence-electron chi connectivity index (χ3n) is 6.95. The van der Waals surface area contributed by atoms with Crippen LogP contribution < -0.4 is 5.73 Å². The van der Waals surface area contributed by atoms with Crippen molar-refractivity contribution in [2.24, 2.45) is 0 Å². The Morgan fingerprint density at radius 2 is 1.33 bits per heavy atom. The molecule has 0 saturated carbocycles. The highest BCUT2D eigenvalue weighted by atomic mass is 14.7. The largest absolute Gasteiger partial charge is 0.398 e. The summed E-state index contributed by atoms with van der Waals surface area (Å²) >= 11 is 0. The molecule has 0 atom stereocenters. The molecule has 1 aromatic heterocycles. The highest BCUT2D eigenvalue weighted by Crippen LogP contribution is 2.36. The van der Waals surface area contributed by atoms with Gasteiger partial charge in [0.1, 0.15) is 0 Å². The van der Waals surface area contributed by atoms with Crippen molar-refractivity contribution in [3.05, 3.63) is 113 Å². The maximum Gasteiger partial charge on any atom is 0.0999 e. The molecule has 6 heteroatoms. The fraction of sp³-hybridized carbons (Fsp3) is 0. The predicted octanol–water partition coefficient (Wildman–Crippen LogP) is 6.98. The number of pyridine rings is 1. The number of benzene rings is 4. The maximum absolute atomic E-state index is 9.59. The van der Waals surface area contributed by atoms with Crippen molar-refractivity contribution in [3.63, 3.8) is 0 Å². The van der Waals surface area contributed by atoms with Gasteiger partial charge in [0.2, 0.25) is 0 Å². The minimum absolute atomic E-state index is 0.188. The number of hydrogen-bond acceptors (Lipinski definition) is 6. The van der Waals surface area contributed by atoms with Crippen LogP contribution in [-0.4, -0.2) is 16.4 Å². The molecule has 0 bridgehead atoms. The van der Waals surface area contributed by atoms with Gasteiger partial charge in [-0.15, -0.1) is 0 Å². The lowest BCUT2D eigenvalue weighted by Gasteiger charge is -2.19. The fourth-order valence-electron chi connectivity index (χ4n) is 5.05. The normalized spacial score (nSPS) is 12.2. The topological polar surface area (TPSA) is 134 Å². The highest BCUT2D eigenvalue weighted by molar-refractivity contribution is 6.54. The molecule has 0 spiro atoms. The molecule has 0 aliphatic heterocycles. The molecule has 6 rings (SSSR count). The number of nitrogen functional groups attached to an aromatic ring is 1. The minimum Gasteiger partial charge on any atom is -0.398 e. The van der Waals surface area contributed by atoms with Crippen LogP contribution in [0.5, 0.6) is 0 Å². The van der Waals surface area contributed by atoms with Crippen molar-refractivity contribution in [1.82, 2.24) is 4.98 Å². The van der Waals surface area contributed by atoms with E-state index >= 15 is 0 Å². The molecule has 1 heterocycles. The van der Waals surface area contributed by atoms with Crippen LogP contribution in [-0.2, 0) is 0 Å². The number of allylic oxidation sites excluding steroid dienone is 1. The van der Waals surface area contributed by atoms with Gasteiger partial charge in [-0.1, -0.05) is 66.7 Å². The van der Waals surface area contributed by atoms with Gasteiger partial charge >= 0.3 is 0 Å². The van der Waals surface area contributed by atoms with Crippen LogP contribution in [0.4, 0.5) is 5.69 Å². The molecule has 39 heavy (non-hydrogen) atoms. The second-order valence-electron chi connectivity index (χ2n) is 9.25. The zero-order valence-corrected chi connectivity index (χ0v) is 20.7. The Balaban J connectivity index is 1.38. The number of anilines is 1. The van der Waals surface area contributed by atoms with Gasteiger partial charge in [0.15, 0.2) is 0 Å². The van der Waals surface area contributed by atoms with Crippen molar-refractivity contribution in [2.75, 3.05) is 5.73 Å². The van der Waals surface area contributed by atoms with E-state index in [0.29, 0.717) is 22.4 Å². The highest BCUT2D eigenvalue weighted by Gasteiger charge is 2.22. The molecule has 0 amide bonds. The number of nitrogens with zero attached hydrogens (tertiary/aromatic N) is 3. The average Bonchev–Trinajstić information content (AvgIpc) is 2.98. The summed E-state index contributed by atoms with van der Waals surface area (Å²) in [5.74, 6) is 0. The summed E-state index contributed by atoms with van der Waals surface area (Å²) in [6.45, 7) is 0. The summed E-state index contributed by atoms with van der Waals surface area (Å²) in [7, 11) is 0. The van der Waals surface area contributed by atoms with Gasteiger partial charge in [-0.3, -0.25) is 10.8 Å².